The Balaban J connectivity index is 2.66. The molecule has 1 aromatic rings. The molecule has 0 aliphatic carbocycles. The fourth-order valence-corrected chi connectivity index (χ4v) is 1.25. The lowest BCUT2D eigenvalue weighted by Crippen LogP contribution is -2.32. The normalized spacial score (nSPS) is 10.4. The van der Waals surface area contributed by atoms with Crippen LogP contribution >= 0.6 is 0 Å². The average molecular weight is 277 g/mol. The number of carbonyl (C=O) groups is 1. The molecule has 0 spiro atoms. The van der Waals surface area contributed by atoms with Crippen molar-refractivity contribution in [2.24, 2.45) is 4.99 Å². The molecular weight excluding hydrogens is 266 g/mol. The van der Waals surface area contributed by atoms with Crippen LogP contribution in [-0.4, -0.2) is 28.5 Å². The van der Waals surface area contributed by atoms with Gasteiger partial charge in [-0.2, -0.15) is 5.26 Å². The van der Waals surface area contributed by atoms with Gasteiger partial charge in [-0.1, -0.05) is 0 Å². The van der Waals surface area contributed by atoms with Gasteiger partial charge in [-0.25, -0.2) is 0 Å². The van der Waals surface area contributed by atoms with E-state index in [4.69, 9.17) is 10.4 Å². The number of nitrogens with one attached hydrogen (secondary N) is 2. The third-order valence-corrected chi connectivity index (χ3v) is 2.13. The van der Waals surface area contributed by atoms with Crippen LogP contribution in [0.4, 0.5) is 11.4 Å². The number of aliphatic carboxylic acids is 1. The molecule has 1 rings (SSSR count). The quantitative estimate of drug-likeness (QED) is 0.239. The molecule has 0 saturated carbocycles. The number of nitriles is 1. The lowest BCUT2D eigenvalue weighted by atomic mass is 10.3. The van der Waals surface area contributed by atoms with Crippen LogP contribution in [-0.2, 0) is 4.79 Å². The molecule has 0 unspecified atom stereocenters. The molecule has 0 heterocycles. The van der Waals surface area contributed by atoms with E-state index in [9.17, 15) is 14.9 Å². The molecule has 0 fully saturated rings. The highest BCUT2D eigenvalue weighted by atomic mass is 16.6. The number of guanidine groups is 1. The molecule has 0 radical (unpaired) electrons. The zero-order chi connectivity index (χ0) is 15.0. The molecule has 0 aromatic heterocycles. The molecule has 0 aliphatic rings. The van der Waals surface area contributed by atoms with Crippen molar-refractivity contribution in [3.05, 3.63) is 34.4 Å². The number of nitrogens with zero attached hydrogens (tertiary/aromatic N) is 3. The molecule has 9 heteroatoms. The van der Waals surface area contributed by atoms with Crippen LogP contribution in [0.3, 0.4) is 0 Å². The van der Waals surface area contributed by atoms with Gasteiger partial charge in [0, 0.05) is 24.4 Å². The highest BCUT2D eigenvalue weighted by molar-refractivity contribution is 5.94. The Bertz CT molecular complexity index is 561. The molecule has 104 valence electrons. The van der Waals surface area contributed by atoms with Gasteiger partial charge in [-0.3, -0.25) is 14.9 Å². The van der Waals surface area contributed by atoms with Gasteiger partial charge in [0.1, 0.15) is 0 Å². The summed E-state index contributed by atoms with van der Waals surface area (Å²) in [5.41, 5.74) is 0.417. The summed E-state index contributed by atoms with van der Waals surface area (Å²) in [7, 11) is 0. The Kier molecular flexibility index (Phi) is 5.46. The van der Waals surface area contributed by atoms with Crippen molar-refractivity contribution in [2.75, 3.05) is 11.9 Å². The van der Waals surface area contributed by atoms with E-state index in [0.717, 1.165) is 0 Å². The molecule has 3 N–H and O–H groups in total. The minimum atomic E-state index is -0.982. The molecule has 0 atom stereocenters. The molecular formula is C11H11N5O4. The largest absolute Gasteiger partial charge is 0.481 e. The standard InChI is InChI=1S/C11H11N5O4/c12-7-14-11(13-6-5-10(17)18)15-8-1-3-9(4-2-8)16(19)20/h1-4H,5-6H2,(H,17,18)(H2,13,14,15). The number of nitro benzene ring substituents is 1. The topological polar surface area (TPSA) is 141 Å². The van der Waals surface area contributed by atoms with Crippen molar-refractivity contribution in [1.82, 2.24) is 5.32 Å². The summed E-state index contributed by atoms with van der Waals surface area (Å²) < 4.78 is 0. The second-order valence-corrected chi connectivity index (χ2v) is 3.56. The van der Waals surface area contributed by atoms with Gasteiger partial charge in [0.2, 0.25) is 12.2 Å². The zero-order valence-electron chi connectivity index (χ0n) is 10.2. The van der Waals surface area contributed by atoms with Gasteiger partial charge >= 0.3 is 5.97 Å². The lowest BCUT2D eigenvalue weighted by Gasteiger charge is -2.09. The van der Waals surface area contributed by atoms with Gasteiger partial charge in [0.05, 0.1) is 11.3 Å². The number of benzene rings is 1. The Morgan fingerprint density at radius 1 is 1.45 bits per heavy atom. The van der Waals surface area contributed by atoms with Gasteiger partial charge in [-0.05, 0) is 12.1 Å². The maximum atomic E-state index is 10.5. The van der Waals surface area contributed by atoms with Crippen LogP contribution in [0.1, 0.15) is 6.42 Å². The molecule has 0 aliphatic heterocycles. The first-order chi connectivity index (χ1) is 9.52. The number of carboxylic acid groups (broad SMARTS) is 1. The monoisotopic (exact) mass is 277 g/mol. The van der Waals surface area contributed by atoms with Crippen LogP contribution in [0.15, 0.2) is 29.3 Å². The predicted molar refractivity (Wildman–Crippen MR) is 70.0 cm³/mol. The van der Waals surface area contributed by atoms with Crippen LogP contribution in [0.25, 0.3) is 0 Å². The molecule has 1 aromatic carbocycles. The second-order valence-electron chi connectivity index (χ2n) is 3.56. The minimum absolute atomic E-state index is 0.0619. The molecule has 0 bridgehead atoms. The Labute approximate surface area is 113 Å². The number of carboxylic acids is 1. The van der Waals surface area contributed by atoms with Crippen molar-refractivity contribution in [1.29, 1.82) is 5.26 Å². The van der Waals surface area contributed by atoms with Gasteiger partial charge in [0.25, 0.3) is 5.69 Å². The van der Waals surface area contributed by atoms with Crippen molar-refractivity contribution in [3.63, 3.8) is 0 Å². The Morgan fingerprint density at radius 3 is 2.60 bits per heavy atom. The summed E-state index contributed by atoms with van der Waals surface area (Å²) >= 11 is 0. The fraction of sp³-hybridized carbons (Fsp3) is 0.182. The zero-order valence-corrected chi connectivity index (χ0v) is 10.2. The van der Waals surface area contributed by atoms with Gasteiger partial charge < -0.3 is 15.7 Å². The summed E-state index contributed by atoms with van der Waals surface area (Å²) in [4.78, 5) is 23.8. The first-order valence-corrected chi connectivity index (χ1v) is 5.47. The van der Waals surface area contributed by atoms with Gasteiger partial charge in [0.15, 0.2) is 0 Å². The van der Waals surface area contributed by atoms with Crippen LogP contribution in [0.2, 0.25) is 0 Å². The number of anilines is 1. The number of non-ortho nitro benzene ring substituents is 1. The highest BCUT2D eigenvalue weighted by Gasteiger charge is 2.06. The number of aliphatic imine (C=N–C) groups is 1. The van der Waals surface area contributed by atoms with E-state index < -0.39 is 10.9 Å². The van der Waals surface area contributed by atoms with Crippen molar-refractivity contribution in [2.45, 2.75) is 6.42 Å². The first-order valence-electron chi connectivity index (χ1n) is 5.47. The van der Waals surface area contributed by atoms with E-state index in [1.165, 1.54) is 24.3 Å². The van der Waals surface area contributed by atoms with Crippen molar-refractivity contribution < 1.29 is 14.8 Å². The molecule has 0 amide bonds. The van der Waals surface area contributed by atoms with E-state index in [-0.39, 0.29) is 24.6 Å². The summed E-state index contributed by atoms with van der Waals surface area (Å²) in [5, 5.41) is 32.9. The van der Waals surface area contributed by atoms with Crippen LogP contribution in [0.5, 0.6) is 0 Å². The van der Waals surface area contributed by atoms with Crippen molar-refractivity contribution >= 4 is 23.3 Å². The van der Waals surface area contributed by atoms with E-state index in [1.807, 2.05) is 0 Å². The fourth-order valence-electron chi connectivity index (χ4n) is 1.25. The van der Waals surface area contributed by atoms with E-state index in [2.05, 4.69) is 15.6 Å². The molecule has 9 nitrogen and oxygen atoms in total. The van der Waals surface area contributed by atoms with Crippen molar-refractivity contribution in [3.8, 4) is 6.19 Å². The SMILES string of the molecule is N#CN=C(NCCC(=O)O)Nc1ccc([N+](=O)[O-])cc1. The van der Waals surface area contributed by atoms with Crippen LogP contribution < -0.4 is 10.6 Å². The summed E-state index contributed by atoms with van der Waals surface area (Å²) in [5.74, 6) is -0.910. The Morgan fingerprint density at radius 2 is 2.10 bits per heavy atom. The highest BCUT2D eigenvalue weighted by Crippen LogP contribution is 2.15. The molecule has 20 heavy (non-hydrogen) atoms. The molecule has 0 saturated heterocycles. The first kappa shape index (κ1) is 14.9. The maximum Gasteiger partial charge on any atom is 0.305 e. The summed E-state index contributed by atoms with van der Waals surface area (Å²) in [6.45, 7) is 0.0931. The Hall–Kier alpha value is -3.15. The minimum Gasteiger partial charge on any atom is -0.481 e. The number of hydrogen-bond donors (Lipinski definition) is 3. The summed E-state index contributed by atoms with van der Waals surface area (Å²) in [6, 6.07) is 5.49. The number of rotatable bonds is 5. The van der Waals surface area contributed by atoms with E-state index in [0.29, 0.717) is 5.69 Å². The summed E-state index contributed by atoms with van der Waals surface area (Å²) in [6.07, 6.45) is 1.43. The average Bonchev–Trinajstić information content (AvgIpc) is 2.39. The van der Waals surface area contributed by atoms with E-state index >= 15 is 0 Å². The van der Waals surface area contributed by atoms with Gasteiger partial charge in [-0.15, -0.1) is 4.99 Å². The lowest BCUT2D eigenvalue weighted by molar-refractivity contribution is -0.384. The van der Waals surface area contributed by atoms with E-state index in [1.54, 1.807) is 6.19 Å². The third kappa shape index (κ3) is 5.01. The third-order valence-electron chi connectivity index (χ3n) is 2.13. The maximum absolute atomic E-state index is 10.5. The number of nitro groups is 1. The smallest absolute Gasteiger partial charge is 0.305 e. The van der Waals surface area contributed by atoms with Crippen LogP contribution in [0, 0.1) is 21.6 Å². The predicted octanol–water partition coefficient (Wildman–Crippen LogP) is 0.908. The number of hydrogen-bond acceptors (Lipinski definition) is 5. The second kappa shape index (κ2) is 7.32.